The Balaban J connectivity index is 2.59. The lowest BCUT2D eigenvalue weighted by Gasteiger charge is -2.01. The Kier molecular flexibility index (Phi) is 2.10. The van der Waals surface area contributed by atoms with Crippen molar-refractivity contribution in [2.24, 2.45) is 0 Å². The van der Waals surface area contributed by atoms with Gasteiger partial charge in [-0.15, -0.1) is 0 Å². The zero-order valence-corrected chi connectivity index (χ0v) is 7.34. The molecule has 2 aromatic rings. The molecule has 0 aliphatic rings. The van der Waals surface area contributed by atoms with Crippen LogP contribution in [0.4, 0.5) is 0 Å². The predicted octanol–water partition coefficient (Wildman–Crippen LogP) is 1.26. The third-order valence-electron chi connectivity index (χ3n) is 1.97. The minimum absolute atomic E-state index is 0.0664. The van der Waals surface area contributed by atoms with Crippen molar-refractivity contribution in [3.63, 3.8) is 0 Å². The van der Waals surface area contributed by atoms with E-state index < -0.39 is 5.97 Å². The molecule has 2 rings (SSSR count). The number of aromatic nitrogens is 2. The van der Waals surface area contributed by atoms with Crippen LogP contribution in [-0.4, -0.2) is 21.0 Å². The van der Waals surface area contributed by atoms with Gasteiger partial charge >= 0.3 is 5.97 Å². The molecule has 0 saturated carbocycles. The maximum atomic E-state index is 10.6. The van der Waals surface area contributed by atoms with Gasteiger partial charge in [-0.05, 0) is 17.5 Å². The quantitative estimate of drug-likeness (QED) is 0.770. The van der Waals surface area contributed by atoms with Crippen molar-refractivity contribution >= 4 is 16.7 Å². The second-order valence-electron chi connectivity index (χ2n) is 2.92. The molecule has 4 heteroatoms. The average molecular weight is 188 g/mol. The van der Waals surface area contributed by atoms with Crippen molar-refractivity contribution in [2.45, 2.75) is 6.42 Å². The zero-order chi connectivity index (χ0) is 9.97. The number of hydrogen-bond donors (Lipinski definition) is 1. The summed E-state index contributed by atoms with van der Waals surface area (Å²) in [6, 6.07) is 3.67. The first kappa shape index (κ1) is 8.62. The Morgan fingerprint density at radius 1 is 1.36 bits per heavy atom. The van der Waals surface area contributed by atoms with Crippen LogP contribution in [0.3, 0.4) is 0 Å². The van der Waals surface area contributed by atoms with E-state index in [1.807, 2.05) is 12.1 Å². The van der Waals surface area contributed by atoms with Crippen LogP contribution in [0.15, 0.2) is 30.7 Å². The average Bonchev–Trinajstić information content (AvgIpc) is 2.18. The molecule has 70 valence electrons. The normalized spacial score (nSPS) is 10.3. The van der Waals surface area contributed by atoms with Crippen LogP contribution in [0.1, 0.15) is 5.69 Å². The maximum Gasteiger partial charge on any atom is 0.309 e. The van der Waals surface area contributed by atoms with Crippen LogP contribution in [0, 0.1) is 0 Å². The first-order valence-corrected chi connectivity index (χ1v) is 4.17. The topological polar surface area (TPSA) is 63.1 Å². The van der Waals surface area contributed by atoms with E-state index in [-0.39, 0.29) is 6.42 Å². The van der Waals surface area contributed by atoms with Crippen LogP contribution in [0.5, 0.6) is 0 Å². The molecule has 0 radical (unpaired) electrons. The van der Waals surface area contributed by atoms with Gasteiger partial charge in [-0.3, -0.25) is 14.8 Å². The molecule has 0 bridgehead atoms. The van der Waals surface area contributed by atoms with E-state index in [0.717, 1.165) is 10.8 Å². The van der Waals surface area contributed by atoms with Gasteiger partial charge in [-0.25, -0.2) is 0 Å². The van der Waals surface area contributed by atoms with Crippen molar-refractivity contribution < 1.29 is 9.90 Å². The summed E-state index contributed by atoms with van der Waals surface area (Å²) in [7, 11) is 0. The highest BCUT2D eigenvalue weighted by atomic mass is 16.4. The van der Waals surface area contributed by atoms with Crippen molar-refractivity contribution in [3.05, 3.63) is 36.4 Å². The molecule has 4 nitrogen and oxygen atoms in total. The highest BCUT2D eigenvalue weighted by Crippen LogP contribution is 2.15. The fourth-order valence-electron chi connectivity index (χ4n) is 1.35. The number of carboxylic acid groups (broad SMARTS) is 1. The highest BCUT2D eigenvalue weighted by molar-refractivity contribution is 5.86. The largest absolute Gasteiger partial charge is 0.481 e. The molecule has 1 N–H and O–H groups in total. The van der Waals surface area contributed by atoms with E-state index in [9.17, 15) is 4.79 Å². The minimum atomic E-state index is -0.881. The van der Waals surface area contributed by atoms with Gasteiger partial charge in [0.25, 0.3) is 0 Å². The van der Waals surface area contributed by atoms with Gasteiger partial charge in [0.2, 0.25) is 0 Å². The Labute approximate surface area is 80.2 Å². The monoisotopic (exact) mass is 188 g/mol. The number of pyridine rings is 2. The molecule has 0 saturated heterocycles. The summed E-state index contributed by atoms with van der Waals surface area (Å²) in [5, 5.41) is 10.4. The minimum Gasteiger partial charge on any atom is -0.481 e. The van der Waals surface area contributed by atoms with E-state index in [0.29, 0.717) is 5.69 Å². The number of aliphatic carboxylic acids is 1. The van der Waals surface area contributed by atoms with Gasteiger partial charge < -0.3 is 5.11 Å². The molecule has 0 aromatic carbocycles. The number of hydrogen-bond acceptors (Lipinski definition) is 3. The SMILES string of the molecule is O=C(O)Cc1nccc2ccncc12. The Hall–Kier alpha value is -1.97. The van der Waals surface area contributed by atoms with Crippen LogP contribution >= 0.6 is 0 Å². The second-order valence-corrected chi connectivity index (χ2v) is 2.92. The van der Waals surface area contributed by atoms with Gasteiger partial charge in [0.15, 0.2) is 0 Å². The summed E-state index contributed by atoms with van der Waals surface area (Å²) in [5.41, 5.74) is 0.558. The first-order chi connectivity index (χ1) is 6.77. The van der Waals surface area contributed by atoms with Crippen LogP contribution in [0.25, 0.3) is 10.8 Å². The number of carbonyl (C=O) groups is 1. The van der Waals surface area contributed by atoms with E-state index in [2.05, 4.69) is 9.97 Å². The smallest absolute Gasteiger partial charge is 0.309 e. The van der Waals surface area contributed by atoms with Gasteiger partial charge in [0.1, 0.15) is 0 Å². The standard InChI is InChI=1S/C10H8N2O2/c13-10(14)5-9-8-6-11-3-1-7(8)2-4-12-9/h1-4,6H,5H2,(H,13,14). The summed E-state index contributed by atoms with van der Waals surface area (Å²) in [5.74, 6) is -0.881. The lowest BCUT2D eigenvalue weighted by Crippen LogP contribution is -2.02. The van der Waals surface area contributed by atoms with Gasteiger partial charge in [-0.2, -0.15) is 0 Å². The molecule has 0 spiro atoms. The summed E-state index contributed by atoms with van der Waals surface area (Å²) in [6.45, 7) is 0. The molecule has 2 heterocycles. The molecule has 0 amide bonds. The first-order valence-electron chi connectivity index (χ1n) is 4.17. The van der Waals surface area contributed by atoms with Crippen molar-refractivity contribution in [1.29, 1.82) is 0 Å². The van der Waals surface area contributed by atoms with Crippen molar-refractivity contribution in [1.82, 2.24) is 9.97 Å². The molecule has 0 fully saturated rings. The van der Waals surface area contributed by atoms with Crippen molar-refractivity contribution in [3.8, 4) is 0 Å². The maximum absolute atomic E-state index is 10.6. The van der Waals surface area contributed by atoms with Crippen LogP contribution in [-0.2, 0) is 11.2 Å². The summed E-state index contributed by atoms with van der Waals surface area (Å²) in [6.07, 6.45) is 4.86. The fourth-order valence-corrected chi connectivity index (χ4v) is 1.35. The molecule has 0 atom stereocenters. The van der Waals surface area contributed by atoms with E-state index >= 15 is 0 Å². The third kappa shape index (κ3) is 1.54. The van der Waals surface area contributed by atoms with Gasteiger partial charge in [0.05, 0.1) is 12.1 Å². The Bertz CT molecular complexity index is 477. The summed E-state index contributed by atoms with van der Waals surface area (Å²) < 4.78 is 0. The Morgan fingerprint density at radius 2 is 2.14 bits per heavy atom. The summed E-state index contributed by atoms with van der Waals surface area (Å²) in [4.78, 5) is 18.5. The van der Waals surface area contributed by atoms with Gasteiger partial charge in [0, 0.05) is 24.0 Å². The van der Waals surface area contributed by atoms with Crippen molar-refractivity contribution in [2.75, 3.05) is 0 Å². The van der Waals surface area contributed by atoms with E-state index in [1.54, 1.807) is 18.6 Å². The molecule has 0 aliphatic heterocycles. The molecular formula is C10H8N2O2. The molecule has 0 aliphatic carbocycles. The second kappa shape index (κ2) is 3.41. The molecule has 2 aromatic heterocycles. The number of carboxylic acids is 1. The molecular weight excluding hydrogens is 180 g/mol. The van der Waals surface area contributed by atoms with Gasteiger partial charge in [-0.1, -0.05) is 0 Å². The highest BCUT2D eigenvalue weighted by Gasteiger charge is 2.05. The molecule has 14 heavy (non-hydrogen) atoms. The Morgan fingerprint density at radius 3 is 2.93 bits per heavy atom. The van der Waals surface area contributed by atoms with Crippen LogP contribution in [0.2, 0.25) is 0 Å². The molecule has 0 unspecified atom stereocenters. The summed E-state index contributed by atoms with van der Waals surface area (Å²) >= 11 is 0. The zero-order valence-electron chi connectivity index (χ0n) is 7.34. The lowest BCUT2D eigenvalue weighted by molar-refractivity contribution is -0.136. The van der Waals surface area contributed by atoms with Crippen LogP contribution < -0.4 is 0 Å². The predicted molar refractivity (Wildman–Crippen MR) is 50.9 cm³/mol. The van der Waals surface area contributed by atoms with E-state index in [1.165, 1.54) is 0 Å². The van der Waals surface area contributed by atoms with E-state index in [4.69, 9.17) is 5.11 Å². The third-order valence-corrected chi connectivity index (χ3v) is 1.97. The number of fused-ring (bicyclic) bond motifs is 1. The number of nitrogens with zero attached hydrogens (tertiary/aromatic N) is 2. The fraction of sp³-hybridized carbons (Fsp3) is 0.100. The lowest BCUT2D eigenvalue weighted by atomic mass is 10.1. The number of rotatable bonds is 2.